The van der Waals surface area contributed by atoms with Crippen molar-refractivity contribution in [1.29, 1.82) is 0 Å². The monoisotopic (exact) mass is 379 g/mol. The van der Waals surface area contributed by atoms with Crippen LogP contribution in [-0.4, -0.2) is 29.3 Å². The molecule has 1 saturated carbocycles. The second-order valence-electron chi connectivity index (χ2n) is 8.15. The first kappa shape index (κ1) is 18.5. The molecule has 0 spiro atoms. The highest BCUT2D eigenvalue weighted by Gasteiger charge is 2.51. The molecule has 1 fully saturated rings. The van der Waals surface area contributed by atoms with Gasteiger partial charge in [-0.1, -0.05) is 62.4 Å². The summed E-state index contributed by atoms with van der Waals surface area (Å²) in [5.41, 5.74) is 3.95. The van der Waals surface area contributed by atoms with Crippen LogP contribution < -0.4 is 5.32 Å². The van der Waals surface area contributed by atoms with Crippen LogP contribution in [0.15, 0.2) is 48.5 Å². The smallest absolute Gasteiger partial charge is 0.407 e. The van der Waals surface area contributed by atoms with Crippen LogP contribution in [0.4, 0.5) is 4.79 Å². The first-order valence-corrected chi connectivity index (χ1v) is 9.76. The third-order valence-electron chi connectivity index (χ3n) is 6.57. The summed E-state index contributed by atoms with van der Waals surface area (Å²) < 4.78 is 5.59. The average Bonchev–Trinajstić information content (AvgIpc) is 2.99. The maximum atomic E-state index is 12.5. The molecule has 4 rings (SSSR count). The van der Waals surface area contributed by atoms with Crippen molar-refractivity contribution in [1.82, 2.24) is 5.32 Å². The lowest BCUT2D eigenvalue weighted by molar-refractivity contribution is -0.141. The standard InChI is InChI=1S/C23H25NO4/c1-14-11-23(15(14)2,12-21(25)26)24-22(27)28-13-20-18-9-5-3-7-16(18)17-8-4-6-10-19(17)20/h3-10,14-15,20H,11-13H2,1-2H3,(H,24,27)(H,25,26). The Kier molecular flexibility index (Phi) is 4.61. The van der Waals surface area contributed by atoms with Gasteiger partial charge in [-0.2, -0.15) is 0 Å². The van der Waals surface area contributed by atoms with E-state index in [-0.39, 0.29) is 24.9 Å². The zero-order valence-corrected chi connectivity index (χ0v) is 16.1. The summed E-state index contributed by atoms with van der Waals surface area (Å²) in [5.74, 6) is -0.429. The van der Waals surface area contributed by atoms with Gasteiger partial charge in [0.1, 0.15) is 6.61 Å². The predicted molar refractivity (Wildman–Crippen MR) is 106 cm³/mol. The van der Waals surface area contributed by atoms with Gasteiger partial charge in [0.15, 0.2) is 0 Å². The van der Waals surface area contributed by atoms with E-state index in [2.05, 4.69) is 36.5 Å². The molecule has 3 atom stereocenters. The van der Waals surface area contributed by atoms with Crippen molar-refractivity contribution in [2.45, 2.75) is 38.1 Å². The number of nitrogens with one attached hydrogen (secondary N) is 1. The highest BCUT2D eigenvalue weighted by Crippen LogP contribution is 2.46. The number of alkyl carbamates (subject to hydrolysis) is 1. The fourth-order valence-corrected chi connectivity index (χ4v) is 4.87. The maximum absolute atomic E-state index is 12.5. The number of carboxylic acid groups (broad SMARTS) is 1. The second-order valence-corrected chi connectivity index (χ2v) is 8.15. The SMILES string of the molecule is CC1CC(CC(=O)O)(NC(=O)OCC2c3ccccc3-c3ccccc32)C1C. The van der Waals surface area contributed by atoms with Gasteiger partial charge >= 0.3 is 12.1 Å². The van der Waals surface area contributed by atoms with Crippen molar-refractivity contribution >= 4 is 12.1 Å². The summed E-state index contributed by atoms with van der Waals surface area (Å²) in [4.78, 5) is 23.8. The van der Waals surface area contributed by atoms with Crippen LogP contribution in [0.5, 0.6) is 0 Å². The van der Waals surface area contributed by atoms with E-state index in [9.17, 15) is 14.7 Å². The summed E-state index contributed by atoms with van der Waals surface area (Å²) in [5, 5.41) is 12.1. The van der Waals surface area contributed by atoms with Crippen LogP contribution in [0.1, 0.15) is 43.7 Å². The van der Waals surface area contributed by atoms with Crippen molar-refractivity contribution in [3.05, 3.63) is 59.7 Å². The largest absolute Gasteiger partial charge is 0.481 e. The van der Waals surface area contributed by atoms with Gasteiger partial charge in [0.05, 0.1) is 12.0 Å². The van der Waals surface area contributed by atoms with Crippen molar-refractivity contribution in [2.75, 3.05) is 6.61 Å². The number of aliphatic carboxylic acids is 1. The molecule has 146 valence electrons. The number of hydrogen-bond donors (Lipinski definition) is 2. The molecule has 5 nitrogen and oxygen atoms in total. The number of carbonyl (C=O) groups is 2. The number of benzene rings is 2. The molecule has 2 N–H and O–H groups in total. The first-order valence-electron chi connectivity index (χ1n) is 9.76. The topological polar surface area (TPSA) is 75.6 Å². The number of carbonyl (C=O) groups excluding carboxylic acids is 1. The van der Waals surface area contributed by atoms with E-state index in [0.29, 0.717) is 12.3 Å². The molecule has 1 amide bonds. The minimum atomic E-state index is -0.905. The van der Waals surface area contributed by atoms with E-state index in [4.69, 9.17) is 4.74 Å². The molecule has 0 radical (unpaired) electrons. The fraction of sp³-hybridized carbons (Fsp3) is 0.391. The van der Waals surface area contributed by atoms with Crippen LogP contribution in [0.2, 0.25) is 0 Å². The molecular formula is C23H25NO4. The lowest BCUT2D eigenvalue weighted by Gasteiger charge is -2.52. The van der Waals surface area contributed by atoms with E-state index >= 15 is 0 Å². The maximum Gasteiger partial charge on any atom is 0.407 e. The molecule has 2 aromatic carbocycles. The lowest BCUT2D eigenvalue weighted by Crippen LogP contribution is -2.63. The lowest BCUT2D eigenvalue weighted by atomic mass is 9.59. The molecule has 0 saturated heterocycles. The van der Waals surface area contributed by atoms with E-state index in [1.165, 1.54) is 11.1 Å². The number of amides is 1. The van der Waals surface area contributed by atoms with Crippen molar-refractivity contribution < 1.29 is 19.4 Å². The Labute approximate surface area is 164 Å². The molecule has 3 unspecified atom stereocenters. The number of rotatable bonds is 5. The normalized spacial score (nSPS) is 25.4. The Morgan fingerprint density at radius 1 is 1.07 bits per heavy atom. The van der Waals surface area contributed by atoms with Gasteiger partial charge in [-0.25, -0.2) is 4.79 Å². The zero-order chi connectivity index (χ0) is 19.9. The van der Waals surface area contributed by atoms with Gasteiger partial charge in [0, 0.05) is 5.92 Å². The van der Waals surface area contributed by atoms with Crippen molar-refractivity contribution in [2.24, 2.45) is 11.8 Å². The van der Waals surface area contributed by atoms with Crippen LogP contribution in [-0.2, 0) is 9.53 Å². The summed E-state index contributed by atoms with van der Waals surface area (Å²) in [6.07, 6.45) is 0.0368. The summed E-state index contributed by atoms with van der Waals surface area (Å²) in [6, 6.07) is 16.3. The molecule has 0 aromatic heterocycles. The van der Waals surface area contributed by atoms with Gasteiger partial charge in [-0.15, -0.1) is 0 Å². The van der Waals surface area contributed by atoms with Crippen LogP contribution in [0.3, 0.4) is 0 Å². The van der Waals surface area contributed by atoms with Gasteiger partial charge in [0.25, 0.3) is 0 Å². The van der Waals surface area contributed by atoms with E-state index in [0.717, 1.165) is 11.1 Å². The molecule has 2 aliphatic carbocycles. The molecule has 28 heavy (non-hydrogen) atoms. The molecule has 2 aromatic rings. The number of carboxylic acids is 1. The van der Waals surface area contributed by atoms with Crippen LogP contribution in [0.25, 0.3) is 11.1 Å². The molecule has 0 heterocycles. The minimum absolute atomic E-state index is 0.00805. The molecule has 5 heteroatoms. The second kappa shape index (κ2) is 6.97. The van der Waals surface area contributed by atoms with E-state index < -0.39 is 17.6 Å². The Bertz CT molecular complexity index is 879. The van der Waals surface area contributed by atoms with Gasteiger partial charge in [-0.3, -0.25) is 4.79 Å². The molecule has 2 aliphatic rings. The third kappa shape index (κ3) is 3.05. The predicted octanol–water partition coefficient (Wildman–Crippen LogP) is 4.41. The Hall–Kier alpha value is -2.82. The molecule has 0 aliphatic heterocycles. The van der Waals surface area contributed by atoms with Gasteiger partial charge in [-0.05, 0) is 40.5 Å². The number of ether oxygens (including phenoxy) is 1. The third-order valence-corrected chi connectivity index (χ3v) is 6.57. The highest BCUT2D eigenvalue weighted by atomic mass is 16.5. The minimum Gasteiger partial charge on any atom is -0.481 e. The van der Waals surface area contributed by atoms with Crippen LogP contribution >= 0.6 is 0 Å². The Balaban J connectivity index is 1.47. The highest BCUT2D eigenvalue weighted by molar-refractivity contribution is 5.79. The van der Waals surface area contributed by atoms with Gasteiger partial charge in [0.2, 0.25) is 0 Å². The molecular weight excluding hydrogens is 354 g/mol. The summed E-state index contributed by atoms with van der Waals surface area (Å²) in [7, 11) is 0. The Morgan fingerprint density at radius 2 is 1.64 bits per heavy atom. The quantitative estimate of drug-likeness (QED) is 0.807. The van der Waals surface area contributed by atoms with Crippen molar-refractivity contribution in [3.8, 4) is 11.1 Å². The first-order chi connectivity index (χ1) is 13.4. The molecule has 0 bridgehead atoms. The fourth-order valence-electron chi connectivity index (χ4n) is 4.87. The number of hydrogen-bond acceptors (Lipinski definition) is 3. The van der Waals surface area contributed by atoms with Gasteiger partial charge < -0.3 is 15.2 Å². The number of fused-ring (bicyclic) bond motifs is 3. The van der Waals surface area contributed by atoms with Crippen molar-refractivity contribution in [3.63, 3.8) is 0 Å². The summed E-state index contributed by atoms with van der Waals surface area (Å²) in [6.45, 7) is 4.29. The summed E-state index contributed by atoms with van der Waals surface area (Å²) >= 11 is 0. The van der Waals surface area contributed by atoms with E-state index in [1.807, 2.05) is 31.2 Å². The van der Waals surface area contributed by atoms with E-state index in [1.54, 1.807) is 0 Å². The zero-order valence-electron chi connectivity index (χ0n) is 16.1. The van der Waals surface area contributed by atoms with Crippen LogP contribution in [0, 0.1) is 11.8 Å². The Morgan fingerprint density at radius 3 is 2.14 bits per heavy atom. The average molecular weight is 379 g/mol.